The zero-order valence-electron chi connectivity index (χ0n) is 25.3. The summed E-state index contributed by atoms with van der Waals surface area (Å²) < 4.78 is 0. The van der Waals surface area contributed by atoms with E-state index < -0.39 is 61.0 Å². The van der Waals surface area contributed by atoms with Crippen LogP contribution in [-0.2, 0) is 32.2 Å². The number of nitrogens with zero attached hydrogens (tertiary/aromatic N) is 2. The third kappa shape index (κ3) is 8.39. The fraction of sp³-hybridized carbons (Fsp3) is 0.364. The molecule has 0 fully saturated rings. The van der Waals surface area contributed by atoms with Crippen LogP contribution in [0.15, 0.2) is 41.2 Å². The third-order valence-corrected chi connectivity index (χ3v) is 8.16. The summed E-state index contributed by atoms with van der Waals surface area (Å²) in [6.07, 6.45) is 5.40. The summed E-state index contributed by atoms with van der Waals surface area (Å²) in [4.78, 5) is 80.8. The topological polar surface area (TPSA) is 227 Å². The maximum atomic E-state index is 13.0. The molecule has 14 nitrogen and oxygen atoms in total. The number of aliphatic hydroxyl groups excluding tert-OH is 1. The average molecular weight is 647 g/mol. The van der Waals surface area contributed by atoms with Crippen molar-refractivity contribution in [3.8, 4) is 12.3 Å². The molecule has 3 aromatic rings. The fourth-order valence-electron chi connectivity index (χ4n) is 5.74. The number of ketones is 1. The number of nitrogens with one attached hydrogen (secondary N) is 2. The van der Waals surface area contributed by atoms with E-state index in [0.717, 1.165) is 11.1 Å². The summed E-state index contributed by atoms with van der Waals surface area (Å²) in [5.41, 5.74) is 2.88. The second kappa shape index (κ2) is 15.2. The van der Waals surface area contributed by atoms with Crippen LogP contribution in [0, 0.1) is 18.3 Å². The number of carboxylic acid groups (broad SMARTS) is 3. The van der Waals surface area contributed by atoms with Gasteiger partial charge in [0.15, 0.2) is 0 Å². The van der Waals surface area contributed by atoms with Crippen molar-refractivity contribution >= 4 is 46.2 Å². The summed E-state index contributed by atoms with van der Waals surface area (Å²) in [6.45, 7) is -0.169. The Kier molecular flexibility index (Phi) is 11.1. The van der Waals surface area contributed by atoms with Gasteiger partial charge in [0.25, 0.3) is 11.5 Å². The summed E-state index contributed by atoms with van der Waals surface area (Å²) in [5.74, 6) is -3.52. The second-order valence-corrected chi connectivity index (χ2v) is 11.3. The normalized spacial score (nSPS) is 14.9. The molecule has 47 heavy (non-hydrogen) atoms. The Morgan fingerprint density at radius 1 is 1.04 bits per heavy atom. The van der Waals surface area contributed by atoms with Crippen LogP contribution in [0.3, 0.4) is 0 Å². The Hall–Kier alpha value is -5.55. The highest BCUT2D eigenvalue weighted by Gasteiger charge is 2.30. The molecule has 0 aliphatic heterocycles. The Labute approximate surface area is 268 Å². The lowest BCUT2D eigenvalue weighted by Crippen LogP contribution is -2.41. The number of benzene rings is 2. The van der Waals surface area contributed by atoms with Crippen LogP contribution in [0.2, 0.25) is 0 Å². The minimum Gasteiger partial charge on any atom is -0.481 e. The zero-order chi connectivity index (χ0) is 34.2. The van der Waals surface area contributed by atoms with E-state index in [0.29, 0.717) is 29.4 Å². The number of aliphatic hydroxyl groups is 1. The number of fused-ring (bicyclic) bond motifs is 2. The number of aryl methyl sites for hydroxylation is 1. The van der Waals surface area contributed by atoms with Gasteiger partial charge in [-0.2, -0.15) is 0 Å². The molecule has 0 unspecified atom stereocenters. The molecule has 0 saturated carbocycles. The van der Waals surface area contributed by atoms with Gasteiger partial charge in [-0.05, 0) is 73.2 Å². The highest BCUT2D eigenvalue weighted by atomic mass is 16.4. The van der Waals surface area contributed by atoms with Crippen LogP contribution in [0.1, 0.15) is 71.9 Å². The van der Waals surface area contributed by atoms with Gasteiger partial charge >= 0.3 is 17.9 Å². The summed E-state index contributed by atoms with van der Waals surface area (Å²) in [7, 11) is 0. The molecule has 1 amide bonds. The summed E-state index contributed by atoms with van der Waals surface area (Å²) >= 11 is 0. The molecule has 1 aliphatic rings. The molecule has 4 rings (SSSR count). The predicted molar refractivity (Wildman–Crippen MR) is 168 cm³/mol. The van der Waals surface area contributed by atoms with Gasteiger partial charge in [-0.3, -0.25) is 24.0 Å². The third-order valence-electron chi connectivity index (χ3n) is 8.16. The Morgan fingerprint density at radius 2 is 1.77 bits per heavy atom. The SMILES string of the molecule is C#CCN(c1ccc(C(=O)N[C@@H](CCC(=O)C[C@H](CCC(=O)O)C(=O)O)C(=O)O)cc1)[C@H]1CCc2cc3nc(CO)[nH]c(=O)c3cc21. The van der Waals surface area contributed by atoms with Crippen LogP contribution in [0.4, 0.5) is 5.69 Å². The first-order valence-corrected chi connectivity index (χ1v) is 14.9. The standard InChI is InChI=1S/C33H34N4O10/c1-2-13-37(27-11-5-19-15-26-24(16-23(19)27)31(43)36-28(17-38)34-26)21-7-3-18(4-8-21)30(42)35-25(33(46)47)10-9-22(39)14-20(32(44)45)6-12-29(40)41/h1,3-4,7-8,15-16,20,25,27,38H,5-6,9-14,17H2,(H,35,42)(H,40,41)(H,44,45)(H,46,47)(H,34,36,43)/t20-,25-,27-/m0/s1. The van der Waals surface area contributed by atoms with Crippen LogP contribution < -0.4 is 15.8 Å². The molecule has 246 valence electrons. The van der Waals surface area contributed by atoms with E-state index in [2.05, 4.69) is 21.2 Å². The zero-order valence-corrected chi connectivity index (χ0v) is 25.3. The van der Waals surface area contributed by atoms with Crippen LogP contribution in [0.25, 0.3) is 10.9 Å². The fourth-order valence-corrected chi connectivity index (χ4v) is 5.74. The first-order valence-electron chi connectivity index (χ1n) is 14.9. The molecule has 0 saturated heterocycles. The van der Waals surface area contributed by atoms with Crippen molar-refractivity contribution < 1.29 is 44.4 Å². The van der Waals surface area contributed by atoms with Gasteiger partial charge in [0, 0.05) is 30.5 Å². The minimum absolute atomic E-state index is 0.154. The number of anilines is 1. The van der Waals surface area contributed by atoms with Crippen molar-refractivity contribution in [2.45, 2.75) is 63.6 Å². The van der Waals surface area contributed by atoms with Gasteiger partial charge in [0.2, 0.25) is 0 Å². The van der Waals surface area contributed by atoms with E-state index in [1.54, 1.807) is 18.2 Å². The molecule has 0 radical (unpaired) electrons. The molecule has 14 heteroatoms. The largest absolute Gasteiger partial charge is 0.481 e. The second-order valence-electron chi connectivity index (χ2n) is 11.3. The van der Waals surface area contributed by atoms with E-state index in [4.69, 9.17) is 11.5 Å². The van der Waals surface area contributed by atoms with Gasteiger partial charge in [-0.1, -0.05) is 5.92 Å². The molecule has 1 heterocycles. The quantitative estimate of drug-likeness (QED) is 0.123. The van der Waals surface area contributed by atoms with E-state index in [1.165, 1.54) is 12.1 Å². The monoisotopic (exact) mass is 646 g/mol. The number of carboxylic acids is 3. The highest BCUT2D eigenvalue weighted by Crippen LogP contribution is 2.39. The number of rotatable bonds is 16. The predicted octanol–water partition coefficient (Wildman–Crippen LogP) is 2.03. The minimum atomic E-state index is -1.43. The summed E-state index contributed by atoms with van der Waals surface area (Å²) in [5, 5.41) is 39.9. The first kappa shape index (κ1) is 34.3. The lowest BCUT2D eigenvalue weighted by atomic mass is 9.94. The number of carbonyl (C=O) groups excluding carboxylic acids is 2. The van der Waals surface area contributed by atoms with Crippen LogP contribution in [-0.4, -0.2) is 72.6 Å². The van der Waals surface area contributed by atoms with E-state index in [1.807, 2.05) is 11.0 Å². The molecular formula is C33H34N4O10. The molecule has 3 atom stereocenters. The van der Waals surface area contributed by atoms with Gasteiger partial charge in [-0.25, -0.2) is 9.78 Å². The number of aromatic amines is 1. The number of H-pyrrole nitrogens is 1. The summed E-state index contributed by atoms with van der Waals surface area (Å²) in [6, 6.07) is 8.40. The average Bonchev–Trinajstić information content (AvgIpc) is 3.44. The number of aromatic nitrogens is 2. The van der Waals surface area contributed by atoms with Crippen molar-refractivity contribution in [3.05, 3.63) is 69.3 Å². The molecule has 2 aromatic carbocycles. The van der Waals surface area contributed by atoms with Crippen molar-refractivity contribution in [2.75, 3.05) is 11.4 Å². The van der Waals surface area contributed by atoms with E-state index in [9.17, 15) is 44.1 Å². The Balaban J connectivity index is 1.44. The highest BCUT2D eigenvalue weighted by molar-refractivity contribution is 5.97. The maximum absolute atomic E-state index is 13.0. The molecule has 6 N–H and O–H groups in total. The van der Waals surface area contributed by atoms with Crippen molar-refractivity contribution in [3.63, 3.8) is 0 Å². The number of amides is 1. The van der Waals surface area contributed by atoms with Gasteiger partial charge < -0.3 is 35.6 Å². The number of hydrogen-bond donors (Lipinski definition) is 6. The van der Waals surface area contributed by atoms with E-state index in [-0.39, 0.29) is 48.8 Å². The molecular weight excluding hydrogens is 612 g/mol. The van der Waals surface area contributed by atoms with E-state index >= 15 is 0 Å². The number of terminal acetylenes is 1. The van der Waals surface area contributed by atoms with Crippen molar-refractivity contribution in [2.24, 2.45) is 5.92 Å². The Bertz CT molecular complexity index is 1790. The number of hydrogen-bond acceptors (Lipinski definition) is 9. The molecule has 1 aliphatic carbocycles. The smallest absolute Gasteiger partial charge is 0.326 e. The molecule has 1 aromatic heterocycles. The number of aliphatic carboxylic acids is 3. The van der Waals surface area contributed by atoms with Gasteiger partial charge in [-0.15, -0.1) is 6.42 Å². The van der Waals surface area contributed by atoms with Crippen LogP contribution in [0.5, 0.6) is 0 Å². The number of carbonyl (C=O) groups is 5. The van der Waals surface area contributed by atoms with Crippen molar-refractivity contribution in [1.82, 2.24) is 15.3 Å². The Morgan fingerprint density at radius 3 is 2.38 bits per heavy atom. The van der Waals surface area contributed by atoms with Crippen molar-refractivity contribution in [1.29, 1.82) is 0 Å². The van der Waals surface area contributed by atoms with Gasteiger partial charge in [0.05, 0.1) is 29.4 Å². The lowest BCUT2D eigenvalue weighted by Gasteiger charge is -2.30. The van der Waals surface area contributed by atoms with Gasteiger partial charge in [0.1, 0.15) is 24.3 Å². The van der Waals surface area contributed by atoms with Crippen LogP contribution >= 0.6 is 0 Å². The lowest BCUT2D eigenvalue weighted by molar-refractivity contribution is -0.145. The number of Topliss-reactive ketones (excluding diaryl/α,β-unsaturated/α-hetero) is 1. The maximum Gasteiger partial charge on any atom is 0.326 e. The first-order chi connectivity index (χ1) is 22.4. The molecule has 0 bridgehead atoms. The molecule has 0 spiro atoms.